The molecule has 0 bridgehead atoms. The SMILES string of the molecule is In1c2ccccc2c2c3c(ccc21)sc1c(-c2ccccc2)cccc13. The number of hydrogen-bond acceptors (Lipinski definition) is 1. The second-order valence-electron chi connectivity index (χ2n) is 6.78. The molecule has 0 aliphatic rings. The molecule has 0 fully saturated rings. The Balaban J connectivity index is 1.84. The van der Waals surface area contributed by atoms with Gasteiger partial charge in [-0.25, -0.2) is 0 Å². The summed E-state index contributed by atoms with van der Waals surface area (Å²) < 4.78 is 5.01. The van der Waals surface area contributed by atoms with Crippen molar-refractivity contribution in [2.45, 2.75) is 0 Å². The largest absolute Gasteiger partial charge is 0.282 e. The number of rotatable bonds is 1. The third-order valence-electron chi connectivity index (χ3n) is 5.32. The number of aromatic nitrogens is 1. The molecule has 0 saturated heterocycles. The summed E-state index contributed by atoms with van der Waals surface area (Å²) in [6.07, 6.45) is 0. The van der Waals surface area contributed by atoms with Gasteiger partial charge in [0.05, 0.1) is 33.9 Å². The van der Waals surface area contributed by atoms with Gasteiger partial charge in [-0.3, -0.25) is 2.78 Å². The van der Waals surface area contributed by atoms with E-state index in [1.54, 1.807) is 0 Å². The van der Waals surface area contributed by atoms with Crippen LogP contribution in [0, 0.1) is 0 Å². The highest BCUT2D eigenvalue weighted by molar-refractivity contribution is 14.1. The van der Waals surface area contributed by atoms with Crippen molar-refractivity contribution in [3.63, 3.8) is 0 Å². The molecule has 0 radical (unpaired) electrons. The molecule has 4 aromatic carbocycles. The maximum absolute atomic E-state index is 2.42. The number of benzene rings is 4. The van der Waals surface area contributed by atoms with Crippen LogP contribution in [0.3, 0.4) is 0 Å². The van der Waals surface area contributed by atoms with Crippen LogP contribution in [0.2, 0.25) is 0 Å². The molecule has 3 heteroatoms. The Hall–Kier alpha value is -2.37. The van der Waals surface area contributed by atoms with Crippen molar-refractivity contribution < 1.29 is 0 Å². The highest BCUT2D eigenvalue weighted by atomic mass is 127. The fourth-order valence-corrected chi connectivity index (χ4v) is 6.21. The molecule has 0 atom stereocenters. The summed E-state index contributed by atoms with van der Waals surface area (Å²) in [5.74, 6) is 0. The van der Waals surface area contributed by atoms with E-state index in [0.717, 1.165) is 0 Å². The zero-order valence-corrected chi connectivity index (χ0v) is 17.3. The molecule has 6 rings (SSSR count). The first-order chi connectivity index (χ1) is 13.3. The van der Waals surface area contributed by atoms with Crippen molar-refractivity contribution in [3.8, 4) is 11.1 Å². The predicted octanol–water partition coefficient (Wildman–Crippen LogP) is 8.03. The first-order valence-electron chi connectivity index (χ1n) is 8.92. The highest BCUT2D eigenvalue weighted by Crippen LogP contribution is 2.45. The van der Waals surface area contributed by atoms with Gasteiger partial charge in [-0.2, -0.15) is 0 Å². The lowest BCUT2D eigenvalue weighted by atomic mass is 10.0. The van der Waals surface area contributed by atoms with Gasteiger partial charge < -0.3 is 0 Å². The molecule has 27 heavy (non-hydrogen) atoms. The van der Waals surface area contributed by atoms with E-state index >= 15 is 0 Å². The van der Waals surface area contributed by atoms with Gasteiger partial charge >= 0.3 is 0 Å². The number of thiophene rings is 1. The van der Waals surface area contributed by atoms with Crippen molar-refractivity contribution >= 4 is 76.2 Å². The van der Waals surface area contributed by atoms with Crippen molar-refractivity contribution in [3.05, 3.63) is 84.9 Å². The van der Waals surface area contributed by atoms with E-state index < -0.39 is 0 Å². The Morgan fingerprint density at radius 3 is 2.30 bits per heavy atom. The van der Waals surface area contributed by atoms with Crippen molar-refractivity contribution in [1.82, 2.24) is 2.78 Å². The summed E-state index contributed by atoms with van der Waals surface area (Å²) in [5, 5.41) is 5.44. The molecule has 0 unspecified atom stereocenters. The van der Waals surface area contributed by atoms with E-state index in [9.17, 15) is 0 Å². The van der Waals surface area contributed by atoms with Crippen molar-refractivity contribution in [1.29, 1.82) is 0 Å². The van der Waals surface area contributed by atoms with Gasteiger partial charge in [0.15, 0.2) is 0 Å². The molecule has 0 spiro atoms. The topological polar surface area (TPSA) is 4.93 Å². The number of fused-ring (bicyclic) bond motifs is 7. The predicted molar refractivity (Wildman–Crippen MR) is 127 cm³/mol. The Morgan fingerprint density at radius 2 is 1.41 bits per heavy atom. The lowest BCUT2D eigenvalue weighted by Gasteiger charge is -2.03. The molecule has 0 aliphatic heterocycles. The standard InChI is InChI=1S/C24H14INS/c25-26-19-12-5-4-9-17(19)22-20(26)13-14-21-23(22)18-11-6-10-16(24(18)27-21)15-7-2-1-3-8-15/h1-14H. The first kappa shape index (κ1) is 15.7. The van der Waals surface area contributed by atoms with Crippen LogP contribution in [0.1, 0.15) is 0 Å². The van der Waals surface area contributed by atoms with E-state index in [-0.39, 0.29) is 0 Å². The molecule has 0 N–H and O–H groups in total. The normalized spacial score (nSPS) is 11.9. The van der Waals surface area contributed by atoms with Gasteiger partial charge in [0.25, 0.3) is 0 Å². The van der Waals surface area contributed by atoms with Crippen LogP contribution in [0.25, 0.3) is 53.1 Å². The Labute approximate surface area is 174 Å². The summed E-state index contributed by atoms with van der Waals surface area (Å²) >= 11 is 4.33. The van der Waals surface area contributed by atoms with Crippen LogP contribution in [0.4, 0.5) is 0 Å². The minimum Gasteiger partial charge on any atom is -0.282 e. The molecule has 2 aromatic heterocycles. The number of para-hydroxylation sites is 1. The summed E-state index contributed by atoms with van der Waals surface area (Å²) in [4.78, 5) is 0. The van der Waals surface area contributed by atoms with Gasteiger partial charge in [0, 0.05) is 30.9 Å². The minimum absolute atomic E-state index is 1.28. The fourth-order valence-electron chi connectivity index (χ4n) is 4.15. The summed E-state index contributed by atoms with van der Waals surface area (Å²) in [6.45, 7) is 0. The van der Waals surface area contributed by atoms with E-state index in [0.29, 0.717) is 0 Å². The zero-order valence-electron chi connectivity index (χ0n) is 14.3. The maximum Gasteiger partial charge on any atom is 0.0646 e. The molecule has 6 aromatic rings. The van der Waals surface area contributed by atoms with Gasteiger partial charge in [-0.05, 0) is 29.3 Å². The van der Waals surface area contributed by atoms with E-state index in [1.807, 2.05) is 11.3 Å². The molecule has 0 saturated carbocycles. The second-order valence-corrected chi connectivity index (χ2v) is 8.80. The third-order valence-corrected chi connectivity index (χ3v) is 7.57. The third kappa shape index (κ3) is 2.15. The van der Waals surface area contributed by atoms with E-state index in [4.69, 9.17) is 0 Å². The highest BCUT2D eigenvalue weighted by Gasteiger charge is 2.17. The van der Waals surface area contributed by atoms with E-state index in [2.05, 4.69) is 111 Å². The van der Waals surface area contributed by atoms with Crippen LogP contribution in [-0.2, 0) is 0 Å². The maximum atomic E-state index is 2.42. The molecule has 0 amide bonds. The average Bonchev–Trinajstić information content (AvgIpc) is 3.24. The lowest BCUT2D eigenvalue weighted by molar-refractivity contribution is 1.50. The summed E-state index contributed by atoms with van der Waals surface area (Å²) in [5.41, 5.74) is 5.16. The Kier molecular flexibility index (Phi) is 3.37. The fraction of sp³-hybridized carbons (Fsp3) is 0. The molecular weight excluding hydrogens is 461 g/mol. The Bertz CT molecular complexity index is 1470. The van der Waals surface area contributed by atoms with E-state index in [1.165, 1.54) is 53.1 Å². The molecule has 1 nitrogen and oxygen atoms in total. The average molecular weight is 475 g/mol. The van der Waals surface area contributed by atoms with Crippen LogP contribution in [0.5, 0.6) is 0 Å². The van der Waals surface area contributed by atoms with Crippen molar-refractivity contribution in [2.24, 2.45) is 0 Å². The zero-order chi connectivity index (χ0) is 18.0. The van der Waals surface area contributed by atoms with Crippen LogP contribution in [-0.4, -0.2) is 2.78 Å². The van der Waals surface area contributed by atoms with Crippen LogP contribution >= 0.6 is 34.2 Å². The van der Waals surface area contributed by atoms with Crippen molar-refractivity contribution in [2.75, 3.05) is 0 Å². The second kappa shape index (κ2) is 5.81. The van der Waals surface area contributed by atoms with Gasteiger partial charge in [0.2, 0.25) is 0 Å². The first-order valence-corrected chi connectivity index (χ1v) is 10.7. The van der Waals surface area contributed by atoms with Crippen LogP contribution < -0.4 is 0 Å². The summed E-state index contributed by atoms with van der Waals surface area (Å²) in [6, 6.07) is 30.7. The number of halogens is 1. The van der Waals surface area contributed by atoms with Crippen LogP contribution in [0.15, 0.2) is 84.9 Å². The molecule has 128 valence electrons. The quantitative estimate of drug-likeness (QED) is 0.212. The van der Waals surface area contributed by atoms with Gasteiger partial charge in [-0.1, -0.05) is 66.7 Å². The minimum atomic E-state index is 1.28. The smallest absolute Gasteiger partial charge is 0.0646 e. The Morgan fingerprint density at radius 1 is 0.630 bits per heavy atom. The van der Waals surface area contributed by atoms with Gasteiger partial charge in [0.1, 0.15) is 0 Å². The molecule has 2 heterocycles. The lowest BCUT2D eigenvalue weighted by Crippen LogP contribution is -1.78. The molecular formula is C24H14INS. The number of nitrogens with zero attached hydrogens (tertiary/aromatic N) is 1. The monoisotopic (exact) mass is 475 g/mol. The molecule has 0 aliphatic carbocycles. The number of hydrogen-bond donors (Lipinski definition) is 0. The summed E-state index contributed by atoms with van der Waals surface area (Å²) in [7, 11) is 0. The van der Waals surface area contributed by atoms with Gasteiger partial charge in [-0.15, -0.1) is 11.3 Å².